The molecule has 3 saturated heterocycles. The summed E-state index contributed by atoms with van der Waals surface area (Å²) < 4.78 is 5.40. The number of hydrogen-bond acceptors (Lipinski definition) is 6. The molecule has 3 aliphatic heterocycles. The van der Waals surface area contributed by atoms with Crippen molar-refractivity contribution in [2.75, 3.05) is 77.5 Å². The van der Waals surface area contributed by atoms with E-state index in [2.05, 4.69) is 58.8 Å². The van der Waals surface area contributed by atoms with E-state index in [1.54, 1.807) is 0 Å². The van der Waals surface area contributed by atoms with E-state index in [0.29, 0.717) is 31.9 Å². The summed E-state index contributed by atoms with van der Waals surface area (Å²) in [5.74, 6) is 0.0658. The predicted octanol–water partition coefficient (Wildman–Crippen LogP) is 5.20. The number of carbonyl (C=O) groups excluding carboxylic acids is 1. The van der Waals surface area contributed by atoms with Crippen LogP contribution in [0.5, 0.6) is 0 Å². The van der Waals surface area contributed by atoms with E-state index in [1.807, 2.05) is 41.6 Å². The first-order chi connectivity index (χ1) is 21.4. The number of ether oxygens (including phenoxy) is 1. The number of piperidine rings is 1. The van der Waals surface area contributed by atoms with Crippen molar-refractivity contribution < 1.29 is 9.53 Å². The van der Waals surface area contributed by atoms with E-state index >= 15 is 0 Å². The number of aromatic nitrogens is 2. The molecule has 0 unspecified atom stereocenters. The number of morpholine rings is 1. The van der Waals surface area contributed by atoms with Gasteiger partial charge in [0.25, 0.3) is 5.91 Å². The number of aryl methyl sites for hydroxylation is 2. The molecular formula is C36H44N6O2. The molecule has 2 aromatic carbocycles. The van der Waals surface area contributed by atoms with Crippen LogP contribution in [0.25, 0.3) is 33.3 Å². The smallest absolute Gasteiger partial charge is 0.254 e. The molecule has 3 fully saturated rings. The number of nitrogens with one attached hydrogen (secondary N) is 1. The highest BCUT2D eigenvalue weighted by molar-refractivity contribution is 5.98. The number of benzene rings is 2. The predicted molar refractivity (Wildman–Crippen MR) is 177 cm³/mol. The Morgan fingerprint density at radius 1 is 0.841 bits per heavy atom. The second-order valence-corrected chi connectivity index (χ2v) is 12.8. The van der Waals surface area contributed by atoms with Gasteiger partial charge in [-0.15, -0.1) is 0 Å². The van der Waals surface area contributed by atoms with Gasteiger partial charge in [0, 0.05) is 85.5 Å². The fraction of sp³-hybridized carbons (Fsp3) is 0.444. The first kappa shape index (κ1) is 29.0. The monoisotopic (exact) mass is 592 g/mol. The molecule has 3 aliphatic rings. The number of hydrogen-bond donors (Lipinski definition) is 1. The summed E-state index contributed by atoms with van der Waals surface area (Å²) in [7, 11) is 2.24. The summed E-state index contributed by atoms with van der Waals surface area (Å²) in [6, 6.07) is 15.6. The Morgan fingerprint density at radius 3 is 2.20 bits per heavy atom. The van der Waals surface area contributed by atoms with Crippen LogP contribution >= 0.6 is 0 Å². The number of amides is 1. The zero-order chi connectivity index (χ0) is 30.2. The maximum atomic E-state index is 12.9. The Bertz CT molecular complexity index is 1600. The number of rotatable bonds is 5. The number of piperazine rings is 1. The third kappa shape index (κ3) is 5.74. The molecular weight excluding hydrogens is 548 g/mol. The molecule has 1 amide bonds. The van der Waals surface area contributed by atoms with E-state index in [9.17, 15) is 4.79 Å². The van der Waals surface area contributed by atoms with Crippen LogP contribution in [0.3, 0.4) is 0 Å². The van der Waals surface area contributed by atoms with Gasteiger partial charge in [-0.05, 0) is 99.4 Å². The second-order valence-electron chi connectivity index (χ2n) is 12.8. The molecule has 0 atom stereocenters. The summed E-state index contributed by atoms with van der Waals surface area (Å²) >= 11 is 0. The van der Waals surface area contributed by atoms with E-state index in [0.717, 1.165) is 59.9 Å². The Hall–Kier alpha value is -3.72. The number of H-pyrrole nitrogens is 1. The molecule has 230 valence electrons. The molecule has 0 aliphatic carbocycles. The van der Waals surface area contributed by atoms with Crippen LogP contribution in [-0.2, 0) is 4.74 Å². The maximum absolute atomic E-state index is 12.9. The van der Waals surface area contributed by atoms with Gasteiger partial charge in [-0.2, -0.15) is 0 Å². The third-order valence-electron chi connectivity index (χ3n) is 9.93. The standard InChI is InChI=1S/C36H44N6O2/c1-25-20-29(21-26(2)34(25)41-14-12-40(13-15-41)31-8-10-39(3)11-9-31)30-22-32-33(24-38-35(32)37-23-30)27-4-6-28(7-5-27)36(43)42-16-18-44-19-17-42/h4-7,20-24,31H,8-19H2,1-3H3,(H,37,38). The Balaban J connectivity index is 1.08. The third-order valence-corrected chi connectivity index (χ3v) is 9.93. The minimum atomic E-state index is 0.0658. The van der Waals surface area contributed by atoms with Crippen LogP contribution in [0.4, 0.5) is 5.69 Å². The van der Waals surface area contributed by atoms with E-state index < -0.39 is 0 Å². The van der Waals surface area contributed by atoms with Crippen molar-refractivity contribution in [1.29, 1.82) is 0 Å². The van der Waals surface area contributed by atoms with Crippen molar-refractivity contribution in [3.63, 3.8) is 0 Å². The zero-order valence-electron chi connectivity index (χ0n) is 26.3. The van der Waals surface area contributed by atoms with E-state index in [-0.39, 0.29) is 5.91 Å². The lowest BCUT2D eigenvalue weighted by molar-refractivity contribution is 0.0303. The molecule has 7 rings (SSSR count). The number of pyridine rings is 1. The lowest BCUT2D eigenvalue weighted by atomic mass is 9.97. The highest BCUT2D eigenvalue weighted by Crippen LogP contribution is 2.35. The summed E-state index contributed by atoms with van der Waals surface area (Å²) in [4.78, 5) is 30.7. The number of fused-ring (bicyclic) bond motifs is 1. The van der Waals surface area contributed by atoms with Gasteiger partial charge in [0.1, 0.15) is 5.65 Å². The molecule has 2 aromatic heterocycles. The zero-order valence-corrected chi connectivity index (χ0v) is 26.3. The molecule has 8 heteroatoms. The largest absolute Gasteiger partial charge is 0.378 e. The molecule has 0 spiro atoms. The Kier molecular flexibility index (Phi) is 8.14. The average Bonchev–Trinajstić information content (AvgIpc) is 3.49. The maximum Gasteiger partial charge on any atom is 0.254 e. The molecule has 0 bridgehead atoms. The summed E-state index contributed by atoms with van der Waals surface area (Å²) in [5.41, 5.74) is 10.1. The normalized spacial score (nSPS) is 19.2. The van der Waals surface area contributed by atoms with Gasteiger partial charge in [-0.25, -0.2) is 4.98 Å². The van der Waals surface area contributed by atoms with Gasteiger partial charge in [0.2, 0.25) is 0 Å². The van der Waals surface area contributed by atoms with Crippen LogP contribution in [0, 0.1) is 13.8 Å². The van der Waals surface area contributed by atoms with Gasteiger partial charge in [-0.1, -0.05) is 12.1 Å². The van der Waals surface area contributed by atoms with Gasteiger partial charge >= 0.3 is 0 Å². The number of likely N-dealkylation sites (tertiary alicyclic amines) is 1. The van der Waals surface area contributed by atoms with E-state index in [4.69, 9.17) is 9.72 Å². The lowest BCUT2D eigenvalue weighted by Gasteiger charge is -2.43. The van der Waals surface area contributed by atoms with Gasteiger partial charge in [-0.3, -0.25) is 9.69 Å². The fourth-order valence-corrected chi connectivity index (χ4v) is 7.43. The van der Waals surface area contributed by atoms with Crippen LogP contribution in [-0.4, -0.2) is 109 Å². The van der Waals surface area contributed by atoms with Gasteiger partial charge in [0.15, 0.2) is 0 Å². The summed E-state index contributed by atoms with van der Waals surface area (Å²) in [5, 5.41) is 1.08. The van der Waals surface area contributed by atoms with Crippen LogP contribution < -0.4 is 4.90 Å². The minimum absolute atomic E-state index is 0.0658. The van der Waals surface area contributed by atoms with Crippen molar-refractivity contribution in [2.24, 2.45) is 0 Å². The Labute approximate surface area is 260 Å². The lowest BCUT2D eigenvalue weighted by Crippen LogP contribution is -2.53. The summed E-state index contributed by atoms with van der Waals surface area (Å²) in [6.07, 6.45) is 6.58. The topological polar surface area (TPSA) is 67.9 Å². The molecule has 1 N–H and O–H groups in total. The molecule has 0 saturated carbocycles. The minimum Gasteiger partial charge on any atom is -0.378 e. The highest BCUT2D eigenvalue weighted by Gasteiger charge is 2.27. The molecule has 0 radical (unpaired) electrons. The first-order valence-electron chi connectivity index (χ1n) is 16.2. The molecule has 5 heterocycles. The number of anilines is 1. The van der Waals surface area contributed by atoms with Crippen molar-refractivity contribution >= 4 is 22.6 Å². The summed E-state index contributed by atoms with van der Waals surface area (Å²) in [6.45, 7) is 13.9. The second kappa shape index (κ2) is 12.3. The quantitative estimate of drug-likeness (QED) is 0.344. The first-order valence-corrected chi connectivity index (χ1v) is 16.2. The fourth-order valence-electron chi connectivity index (χ4n) is 7.43. The molecule has 8 nitrogen and oxygen atoms in total. The molecule has 4 aromatic rings. The number of aromatic amines is 1. The number of nitrogens with zero attached hydrogens (tertiary/aromatic N) is 5. The van der Waals surface area contributed by atoms with Crippen LogP contribution in [0.15, 0.2) is 54.9 Å². The number of carbonyl (C=O) groups is 1. The van der Waals surface area contributed by atoms with Gasteiger partial charge < -0.3 is 24.4 Å². The van der Waals surface area contributed by atoms with Gasteiger partial charge in [0.05, 0.1) is 13.2 Å². The molecule has 44 heavy (non-hydrogen) atoms. The van der Waals surface area contributed by atoms with Crippen molar-refractivity contribution in [1.82, 2.24) is 24.7 Å². The van der Waals surface area contributed by atoms with Crippen molar-refractivity contribution in [3.8, 4) is 22.3 Å². The van der Waals surface area contributed by atoms with Crippen LogP contribution in [0.2, 0.25) is 0 Å². The average molecular weight is 593 g/mol. The van der Waals surface area contributed by atoms with Crippen molar-refractivity contribution in [2.45, 2.75) is 32.7 Å². The van der Waals surface area contributed by atoms with Crippen LogP contribution in [0.1, 0.15) is 34.3 Å². The SMILES string of the molecule is Cc1cc(-c2cnc3[nH]cc(-c4ccc(C(=O)N5CCOCC5)cc4)c3c2)cc(C)c1N1CCN(C2CCN(C)CC2)CC1. The van der Waals surface area contributed by atoms with Crippen molar-refractivity contribution in [3.05, 3.63) is 71.5 Å². The highest BCUT2D eigenvalue weighted by atomic mass is 16.5. The van der Waals surface area contributed by atoms with E-state index in [1.165, 1.54) is 48.3 Å². The Morgan fingerprint density at radius 2 is 1.52 bits per heavy atom.